The molecule has 1 amide bonds. The Morgan fingerprint density at radius 2 is 2.16 bits per heavy atom. The number of aryl methyl sites for hydroxylation is 1. The number of rotatable bonds is 3. The summed E-state index contributed by atoms with van der Waals surface area (Å²) in [5.74, 6) is 0.575. The lowest BCUT2D eigenvalue weighted by Gasteiger charge is -2.23. The van der Waals surface area contributed by atoms with Gasteiger partial charge in [0, 0.05) is 18.8 Å². The molecule has 4 nitrogen and oxygen atoms in total. The molecule has 1 aromatic rings. The SMILES string of the molecule is CCn1cc(N)cc1C(=O)NC1CCCCCC1C. The van der Waals surface area contributed by atoms with E-state index >= 15 is 0 Å². The van der Waals surface area contributed by atoms with Gasteiger partial charge in [0.25, 0.3) is 5.91 Å². The molecule has 1 saturated carbocycles. The van der Waals surface area contributed by atoms with E-state index < -0.39 is 0 Å². The molecule has 2 rings (SSSR count). The van der Waals surface area contributed by atoms with Gasteiger partial charge in [-0.2, -0.15) is 0 Å². The van der Waals surface area contributed by atoms with Crippen LogP contribution in [0.5, 0.6) is 0 Å². The van der Waals surface area contributed by atoms with Crippen LogP contribution in [-0.4, -0.2) is 16.5 Å². The van der Waals surface area contributed by atoms with Crippen LogP contribution in [0.3, 0.4) is 0 Å². The molecular weight excluding hydrogens is 238 g/mol. The van der Waals surface area contributed by atoms with Gasteiger partial charge in [0.05, 0.1) is 5.69 Å². The van der Waals surface area contributed by atoms with E-state index in [-0.39, 0.29) is 5.91 Å². The normalized spacial score (nSPS) is 23.9. The molecule has 106 valence electrons. The highest BCUT2D eigenvalue weighted by Gasteiger charge is 2.23. The lowest BCUT2D eigenvalue weighted by atomic mass is 9.97. The van der Waals surface area contributed by atoms with Crippen molar-refractivity contribution in [3.05, 3.63) is 18.0 Å². The largest absolute Gasteiger partial charge is 0.397 e. The molecule has 0 saturated heterocycles. The first kappa shape index (κ1) is 14.0. The lowest BCUT2D eigenvalue weighted by molar-refractivity contribution is 0.0912. The number of carbonyl (C=O) groups excluding carboxylic acids is 1. The molecule has 0 spiro atoms. The molecule has 0 aromatic carbocycles. The second kappa shape index (κ2) is 6.13. The molecule has 0 aliphatic heterocycles. The summed E-state index contributed by atoms with van der Waals surface area (Å²) >= 11 is 0. The van der Waals surface area contributed by atoms with Crippen molar-refractivity contribution in [3.8, 4) is 0 Å². The quantitative estimate of drug-likeness (QED) is 0.824. The maximum absolute atomic E-state index is 12.4. The van der Waals surface area contributed by atoms with E-state index in [1.807, 2.05) is 17.7 Å². The zero-order valence-electron chi connectivity index (χ0n) is 12.0. The molecule has 0 radical (unpaired) electrons. The predicted molar refractivity (Wildman–Crippen MR) is 78.0 cm³/mol. The Hall–Kier alpha value is -1.45. The fourth-order valence-electron chi connectivity index (χ4n) is 2.93. The van der Waals surface area contributed by atoms with Gasteiger partial charge in [-0.05, 0) is 31.7 Å². The molecule has 1 heterocycles. The molecule has 1 fully saturated rings. The minimum atomic E-state index is 0.0114. The smallest absolute Gasteiger partial charge is 0.268 e. The van der Waals surface area contributed by atoms with Crippen LogP contribution < -0.4 is 11.1 Å². The molecule has 19 heavy (non-hydrogen) atoms. The summed E-state index contributed by atoms with van der Waals surface area (Å²) in [5.41, 5.74) is 7.11. The van der Waals surface area contributed by atoms with Crippen molar-refractivity contribution in [2.45, 2.75) is 58.5 Å². The van der Waals surface area contributed by atoms with Crippen molar-refractivity contribution >= 4 is 11.6 Å². The van der Waals surface area contributed by atoms with E-state index in [4.69, 9.17) is 5.73 Å². The van der Waals surface area contributed by atoms with Crippen LogP contribution in [0.2, 0.25) is 0 Å². The summed E-state index contributed by atoms with van der Waals surface area (Å²) in [6.45, 7) is 5.02. The van der Waals surface area contributed by atoms with Gasteiger partial charge < -0.3 is 15.6 Å². The third-order valence-electron chi connectivity index (χ3n) is 4.17. The number of nitrogens with two attached hydrogens (primary N) is 1. The zero-order valence-corrected chi connectivity index (χ0v) is 12.0. The van der Waals surface area contributed by atoms with E-state index in [1.54, 1.807) is 6.07 Å². The van der Waals surface area contributed by atoms with Crippen LogP contribution in [0.1, 0.15) is 56.4 Å². The molecule has 1 aromatic heterocycles. The van der Waals surface area contributed by atoms with Crippen LogP contribution in [0.15, 0.2) is 12.3 Å². The third-order valence-corrected chi connectivity index (χ3v) is 4.17. The molecular formula is C15H25N3O. The van der Waals surface area contributed by atoms with Gasteiger partial charge in [-0.15, -0.1) is 0 Å². The Balaban J connectivity index is 2.06. The van der Waals surface area contributed by atoms with E-state index in [0.717, 1.165) is 13.0 Å². The summed E-state index contributed by atoms with van der Waals surface area (Å²) in [5, 5.41) is 3.20. The van der Waals surface area contributed by atoms with Crippen molar-refractivity contribution in [2.75, 3.05) is 5.73 Å². The van der Waals surface area contributed by atoms with Gasteiger partial charge in [-0.25, -0.2) is 0 Å². The fraction of sp³-hybridized carbons (Fsp3) is 0.667. The number of carbonyl (C=O) groups is 1. The van der Waals surface area contributed by atoms with Gasteiger partial charge in [0.15, 0.2) is 0 Å². The number of nitrogens with zero attached hydrogens (tertiary/aromatic N) is 1. The highest BCUT2D eigenvalue weighted by molar-refractivity contribution is 5.94. The van der Waals surface area contributed by atoms with E-state index in [2.05, 4.69) is 12.2 Å². The maximum Gasteiger partial charge on any atom is 0.268 e. The van der Waals surface area contributed by atoms with Crippen molar-refractivity contribution in [2.24, 2.45) is 5.92 Å². The van der Waals surface area contributed by atoms with E-state index in [0.29, 0.717) is 23.3 Å². The van der Waals surface area contributed by atoms with Crippen LogP contribution in [-0.2, 0) is 6.54 Å². The lowest BCUT2D eigenvalue weighted by Crippen LogP contribution is -2.39. The third kappa shape index (κ3) is 3.31. The maximum atomic E-state index is 12.4. The molecule has 4 heteroatoms. The summed E-state index contributed by atoms with van der Waals surface area (Å²) < 4.78 is 1.91. The Morgan fingerprint density at radius 1 is 1.42 bits per heavy atom. The van der Waals surface area contributed by atoms with Crippen LogP contribution in [0, 0.1) is 5.92 Å². The Morgan fingerprint density at radius 3 is 2.89 bits per heavy atom. The second-order valence-electron chi connectivity index (χ2n) is 5.64. The Kier molecular flexibility index (Phi) is 4.51. The van der Waals surface area contributed by atoms with Crippen molar-refractivity contribution in [3.63, 3.8) is 0 Å². The molecule has 1 aliphatic rings. The minimum absolute atomic E-state index is 0.0114. The van der Waals surface area contributed by atoms with Crippen molar-refractivity contribution in [1.29, 1.82) is 0 Å². The number of hydrogen-bond donors (Lipinski definition) is 2. The fourth-order valence-corrected chi connectivity index (χ4v) is 2.93. The number of anilines is 1. The first-order valence-electron chi connectivity index (χ1n) is 7.38. The minimum Gasteiger partial charge on any atom is -0.397 e. The van der Waals surface area contributed by atoms with Crippen molar-refractivity contribution in [1.82, 2.24) is 9.88 Å². The van der Waals surface area contributed by atoms with Crippen LogP contribution in [0.25, 0.3) is 0 Å². The Labute approximate surface area is 115 Å². The Bertz CT molecular complexity index is 439. The summed E-state index contributed by atoms with van der Waals surface area (Å²) in [7, 11) is 0. The number of nitrogen functional groups attached to an aromatic ring is 1. The molecule has 3 N–H and O–H groups in total. The van der Waals surface area contributed by atoms with Gasteiger partial charge >= 0.3 is 0 Å². The number of hydrogen-bond acceptors (Lipinski definition) is 2. The first-order valence-corrected chi connectivity index (χ1v) is 7.38. The number of amides is 1. The van der Waals surface area contributed by atoms with Crippen LogP contribution in [0.4, 0.5) is 5.69 Å². The average Bonchev–Trinajstić information content (AvgIpc) is 2.66. The highest BCUT2D eigenvalue weighted by Crippen LogP contribution is 2.23. The highest BCUT2D eigenvalue weighted by atomic mass is 16.2. The van der Waals surface area contributed by atoms with Gasteiger partial charge in [-0.1, -0.05) is 26.2 Å². The van der Waals surface area contributed by atoms with Gasteiger partial charge in [0.1, 0.15) is 5.69 Å². The number of nitrogens with one attached hydrogen (secondary N) is 1. The summed E-state index contributed by atoms with van der Waals surface area (Å²) in [6.07, 6.45) is 7.91. The molecule has 2 unspecified atom stereocenters. The van der Waals surface area contributed by atoms with E-state index in [9.17, 15) is 4.79 Å². The molecule has 1 aliphatic carbocycles. The zero-order chi connectivity index (χ0) is 13.8. The average molecular weight is 263 g/mol. The first-order chi connectivity index (χ1) is 9.11. The molecule has 0 bridgehead atoms. The standard InChI is InChI=1S/C15H25N3O/c1-3-18-10-12(16)9-14(18)15(19)17-13-8-6-4-5-7-11(13)2/h9-11,13H,3-8,16H2,1-2H3,(H,17,19). The monoisotopic (exact) mass is 263 g/mol. The summed E-state index contributed by atoms with van der Waals surface area (Å²) in [4.78, 5) is 12.4. The predicted octanol–water partition coefficient (Wildman–Crippen LogP) is 2.79. The van der Waals surface area contributed by atoms with Crippen molar-refractivity contribution < 1.29 is 4.79 Å². The van der Waals surface area contributed by atoms with E-state index in [1.165, 1.54) is 25.7 Å². The topological polar surface area (TPSA) is 60.0 Å². The van der Waals surface area contributed by atoms with Gasteiger partial charge in [0.2, 0.25) is 0 Å². The second-order valence-corrected chi connectivity index (χ2v) is 5.64. The number of aromatic nitrogens is 1. The summed E-state index contributed by atoms with van der Waals surface area (Å²) in [6, 6.07) is 2.07. The van der Waals surface area contributed by atoms with Crippen LogP contribution >= 0.6 is 0 Å². The van der Waals surface area contributed by atoms with Gasteiger partial charge in [-0.3, -0.25) is 4.79 Å². The molecule has 2 atom stereocenters.